The molecule has 0 radical (unpaired) electrons. The van der Waals surface area contributed by atoms with E-state index in [1.807, 2.05) is 9.24 Å². The molecule has 0 aliphatic carbocycles. The van der Waals surface area contributed by atoms with Crippen LogP contribution in [0.3, 0.4) is 0 Å². The van der Waals surface area contributed by atoms with Crippen molar-refractivity contribution in [1.82, 2.24) is 0 Å². The van der Waals surface area contributed by atoms with Crippen LogP contribution in [0.15, 0.2) is 0 Å². The molecule has 4 heavy (non-hydrogen) atoms. The molecule has 1 nitrogen and oxygen atoms in total. The van der Waals surface area contributed by atoms with Gasteiger partial charge in [0.2, 0.25) is 0 Å². The van der Waals surface area contributed by atoms with Gasteiger partial charge in [-0.2, -0.15) is 0 Å². The van der Waals surface area contributed by atoms with Gasteiger partial charge in [-0.25, -0.2) is 0 Å². The standard InChI is InChI=1S/CH3OP.Fe/c2-1-3;/h1H,3H2;. The van der Waals surface area contributed by atoms with E-state index in [4.69, 9.17) is 4.79 Å². The molecule has 0 saturated heterocycles. The molecule has 3 heteroatoms. The summed E-state index contributed by atoms with van der Waals surface area (Å²) in [5, 5.41) is 0. The molecule has 0 N–H and O–H groups in total. The fourth-order valence-electron chi connectivity index (χ4n) is 0. The van der Waals surface area contributed by atoms with Crippen LogP contribution in [0.2, 0.25) is 0 Å². The van der Waals surface area contributed by atoms with Gasteiger partial charge in [-0.3, -0.25) is 4.79 Å². The molecule has 0 heterocycles. The van der Waals surface area contributed by atoms with Gasteiger partial charge in [-0.05, 0) is 0 Å². The quantitative estimate of drug-likeness (QED) is 0.249. The predicted molar refractivity (Wildman–Crippen MR) is 16.5 cm³/mol. The molecule has 0 fully saturated rings. The van der Waals surface area contributed by atoms with Crippen LogP contribution in [0.5, 0.6) is 0 Å². The summed E-state index contributed by atoms with van der Waals surface area (Å²) in [5.41, 5.74) is 0. The first-order chi connectivity index (χ1) is 1.41. The van der Waals surface area contributed by atoms with E-state index in [0.717, 1.165) is 0 Å². The molecule has 0 bridgehead atoms. The molecule has 0 saturated carbocycles. The molecule has 0 aliphatic heterocycles. The summed E-state index contributed by atoms with van der Waals surface area (Å²) in [5.74, 6) is 0. The second kappa shape index (κ2) is 9.47. The average Bonchev–Trinajstić information content (AvgIpc) is 0.918. The van der Waals surface area contributed by atoms with Crippen molar-refractivity contribution in [2.24, 2.45) is 0 Å². The van der Waals surface area contributed by atoms with Gasteiger partial charge in [0.05, 0.1) is 0 Å². The zero-order chi connectivity index (χ0) is 2.71. The minimum Gasteiger partial charge on any atom is -0.299 e. The number of hydrogen-bond donors (Lipinski definition) is 0. The third-order valence-electron chi connectivity index (χ3n) is 0. The maximum atomic E-state index is 8.77. The zero-order valence-electron chi connectivity index (χ0n) is 1.92. The van der Waals surface area contributed by atoms with Crippen LogP contribution in [0.4, 0.5) is 0 Å². The molecule has 1 atom stereocenters. The Morgan fingerprint density at radius 3 is 1.75 bits per heavy atom. The van der Waals surface area contributed by atoms with Crippen LogP contribution in [0.25, 0.3) is 0 Å². The van der Waals surface area contributed by atoms with Crippen LogP contribution in [0.1, 0.15) is 0 Å². The Morgan fingerprint density at radius 2 is 1.75 bits per heavy atom. The van der Waals surface area contributed by atoms with Gasteiger partial charge < -0.3 is 0 Å². The molecule has 0 aromatic carbocycles. The van der Waals surface area contributed by atoms with Gasteiger partial charge in [0, 0.05) is 17.1 Å². The zero-order valence-corrected chi connectivity index (χ0v) is 4.18. The van der Waals surface area contributed by atoms with Crippen molar-refractivity contribution in [2.45, 2.75) is 0 Å². The summed E-state index contributed by atoms with van der Waals surface area (Å²) in [6, 6.07) is 0.667. The maximum Gasteiger partial charge on any atom is 0.135 e. The van der Waals surface area contributed by atoms with Crippen LogP contribution < -0.4 is 0 Å². The molecule has 1 unspecified atom stereocenters. The Kier molecular flexibility index (Phi) is 20.9. The molecule has 0 aromatic heterocycles. The molecule has 0 amide bonds. The molecular weight excluding hydrogens is 115 g/mol. The smallest absolute Gasteiger partial charge is 0.135 e. The van der Waals surface area contributed by atoms with Gasteiger partial charge in [-0.1, -0.05) is 9.24 Å². The Labute approximate surface area is 37.8 Å². The number of carbonyl (C=O) groups excluding carboxylic acids is 1. The van der Waals surface area contributed by atoms with Crippen molar-refractivity contribution in [2.75, 3.05) is 0 Å². The van der Waals surface area contributed by atoms with Crippen molar-refractivity contribution >= 4 is 15.3 Å². The van der Waals surface area contributed by atoms with E-state index in [-0.39, 0.29) is 17.1 Å². The minimum atomic E-state index is 0. The van der Waals surface area contributed by atoms with Gasteiger partial charge in [0.1, 0.15) is 6.03 Å². The second-order valence-electron chi connectivity index (χ2n) is 0.136. The van der Waals surface area contributed by atoms with Gasteiger partial charge >= 0.3 is 0 Å². The van der Waals surface area contributed by atoms with Crippen molar-refractivity contribution in [3.63, 3.8) is 0 Å². The molecule has 0 spiro atoms. The predicted octanol–water partition coefficient (Wildman–Crippen LogP) is 0.0492. The van der Waals surface area contributed by atoms with E-state index in [1.165, 1.54) is 0 Å². The number of rotatable bonds is 0. The van der Waals surface area contributed by atoms with E-state index in [2.05, 4.69) is 0 Å². The first-order valence-electron chi connectivity index (χ1n) is 0.569. The summed E-state index contributed by atoms with van der Waals surface area (Å²) in [6.07, 6.45) is 0. The minimum absolute atomic E-state index is 0. The van der Waals surface area contributed by atoms with Crippen LogP contribution in [-0.4, -0.2) is 6.03 Å². The van der Waals surface area contributed by atoms with E-state index in [0.29, 0.717) is 6.03 Å². The molecule has 26 valence electrons. The van der Waals surface area contributed by atoms with E-state index in [9.17, 15) is 0 Å². The fraction of sp³-hybridized carbons (Fsp3) is 0. The van der Waals surface area contributed by atoms with Crippen LogP contribution in [-0.2, 0) is 21.9 Å². The normalized spacial score (nSPS) is 3.25. The Hall–Kier alpha value is 0.619. The first-order valence-corrected chi connectivity index (χ1v) is 1.24. The third kappa shape index (κ3) is 17.9. The molecule has 0 rings (SSSR count). The maximum absolute atomic E-state index is 8.77. The summed E-state index contributed by atoms with van der Waals surface area (Å²) < 4.78 is 0. The van der Waals surface area contributed by atoms with E-state index < -0.39 is 0 Å². The van der Waals surface area contributed by atoms with Crippen molar-refractivity contribution in [3.05, 3.63) is 0 Å². The van der Waals surface area contributed by atoms with Crippen molar-refractivity contribution < 1.29 is 21.9 Å². The third-order valence-corrected chi connectivity index (χ3v) is 0. The monoisotopic (exact) mass is 118 g/mol. The fourth-order valence-corrected chi connectivity index (χ4v) is 0. The molecular formula is CH3FeOP. The van der Waals surface area contributed by atoms with Gasteiger partial charge in [0.25, 0.3) is 0 Å². The Bertz CT molecular complexity index is 15.5. The van der Waals surface area contributed by atoms with Crippen LogP contribution in [0, 0.1) is 0 Å². The summed E-state index contributed by atoms with van der Waals surface area (Å²) in [6.45, 7) is 0. The second-order valence-corrected chi connectivity index (χ2v) is 0.408. The number of hydrogen-bond acceptors (Lipinski definition) is 1. The number of carbonyl (C=O) groups is 1. The Balaban J connectivity index is 0. The van der Waals surface area contributed by atoms with Gasteiger partial charge in [0.15, 0.2) is 0 Å². The average molecular weight is 118 g/mol. The molecule has 0 aromatic rings. The summed E-state index contributed by atoms with van der Waals surface area (Å²) in [4.78, 5) is 8.77. The van der Waals surface area contributed by atoms with Crippen molar-refractivity contribution in [1.29, 1.82) is 0 Å². The summed E-state index contributed by atoms with van der Waals surface area (Å²) in [7, 11) is 1.90. The SMILES string of the molecule is O=CP.[Fe]. The van der Waals surface area contributed by atoms with E-state index in [1.54, 1.807) is 0 Å². The van der Waals surface area contributed by atoms with Crippen molar-refractivity contribution in [3.8, 4) is 0 Å². The molecule has 0 aliphatic rings. The summed E-state index contributed by atoms with van der Waals surface area (Å²) >= 11 is 0. The topological polar surface area (TPSA) is 17.1 Å². The van der Waals surface area contributed by atoms with Gasteiger partial charge in [-0.15, -0.1) is 0 Å². The first kappa shape index (κ1) is 8.82. The Morgan fingerprint density at radius 1 is 1.75 bits per heavy atom. The van der Waals surface area contributed by atoms with Crippen LogP contribution >= 0.6 is 9.24 Å². The largest absolute Gasteiger partial charge is 0.299 e. The van der Waals surface area contributed by atoms with E-state index >= 15 is 0 Å².